The van der Waals surface area contributed by atoms with Crippen molar-refractivity contribution < 1.29 is 4.52 Å². The summed E-state index contributed by atoms with van der Waals surface area (Å²) in [6.07, 6.45) is 2.42. The molecule has 1 fully saturated rings. The summed E-state index contributed by atoms with van der Waals surface area (Å²) >= 11 is 2.03. The zero-order chi connectivity index (χ0) is 13.1. The van der Waals surface area contributed by atoms with Gasteiger partial charge < -0.3 is 9.84 Å². The second kappa shape index (κ2) is 5.65. The van der Waals surface area contributed by atoms with E-state index < -0.39 is 0 Å². The second-order valence-corrected chi connectivity index (χ2v) is 5.95. The first-order valence-electron chi connectivity index (χ1n) is 6.57. The van der Waals surface area contributed by atoms with Crippen LogP contribution in [0.4, 0.5) is 5.69 Å². The molecule has 1 aliphatic rings. The van der Waals surface area contributed by atoms with Gasteiger partial charge in [-0.05, 0) is 43.4 Å². The zero-order valence-corrected chi connectivity index (χ0v) is 11.7. The van der Waals surface area contributed by atoms with E-state index in [0.717, 1.165) is 11.3 Å². The van der Waals surface area contributed by atoms with Gasteiger partial charge in [0.05, 0.1) is 5.56 Å². The molecule has 2 aromatic rings. The smallest absolute Gasteiger partial charge is 0.260 e. The predicted molar refractivity (Wildman–Crippen MR) is 78.4 cm³/mol. The van der Waals surface area contributed by atoms with E-state index in [2.05, 4.69) is 21.5 Å². The van der Waals surface area contributed by atoms with E-state index in [1.807, 2.05) is 36.9 Å². The molecule has 1 saturated heterocycles. The first-order chi connectivity index (χ1) is 9.33. The Hall–Kier alpha value is -1.49. The van der Waals surface area contributed by atoms with Crippen LogP contribution in [0, 0.1) is 6.92 Å². The number of thioether (sulfide) groups is 1. The van der Waals surface area contributed by atoms with Gasteiger partial charge in [0.15, 0.2) is 5.82 Å². The van der Waals surface area contributed by atoms with Crippen LogP contribution in [-0.4, -0.2) is 27.7 Å². The van der Waals surface area contributed by atoms with Crippen molar-refractivity contribution >= 4 is 17.4 Å². The van der Waals surface area contributed by atoms with Crippen molar-refractivity contribution in [1.82, 2.24) is 10.1 Å². The molecule has 1 aromatic carbocycles. The van der Waals surface area contributed by atoms with Crippen molar-refractivity contribution in [3.05, 3.63) is 30.1 Å². The number of aromatic nitrogens is 2. The van der Waals surface area contributed by atoms with Crippen LogP contribution in [0.5, 0.6) is 0 Å². The number of nitrogens with one attached hydrogen (secondary N) is 1. The number of rotatable bonds is 3. The van der Waals surface area contributed by atoms with E-state index in [9.17, 15) is 0 Å². The lowest BCUT2D eigenvalue weighted by Crippen LogP contribution is -2.24. The van der Waals surface area contributed by atoms with Gasteiger partial charge in [-0.15, -0.1) is 0 Å². The Kier molecular flexibility index (Phi) is 3.73. The van der Waals surface area contributed by atoms with Crippen molar-refractivity contribution in [2.45, 2.75) is 25.8 Å². The van der Waals surface area contributed by atoms with E-state index in [1.165, 1.54) is 24.3 Å². The fourth-order valence-electron chi connectivity index (χ4n) is 2.26. The highest BCUT2D eigenvalue weighted by atomic mass is 32.2. The van der Waals surface area contributed by atoms with Gasteiger partial charge >= 0.3 is 0 Å². The lowest BCUT2D eigenvalue weighted by Gasteiger charge is -2.24. The SMILES string of the molecule is Cc1noc(-c2ccccc2NC2CCSCC2)n1. The molecule has 4 nitrogen and oxygen atoms in total. The Morgan fingerprint density at radius 3 is 2.79 bits per heavy atom. The molecule has 19 heavy (non-hydrogen) atoms. The molecule has 0 bridgehead atoms. The molecule has 2 heterocycles. The maximum Gasteiger partial charge on any atom is 0.260 e. The van der Waals surface area contributed by atoms with Crippen LogP contribution < -0.4 is 5.32 Å². The Morgan fingerprint density at radius 2 is 2.05 bits per heavy atom. The highest BCUT2D eigenvalue weighted by Crippen LogP contribution is 2.29. The van der Waals surface area contributed by atoms with Crippen molar-refractivity contribution in [3.8, 4) is 11.5 Å². The lowest BCUT2D eigenvalue weighted by atomic mass is 10.1. The minimum absolute atomic E-state index is 0.548. The standard InChI is InChI=1S/C14H17N3OS/c1-10-15-14(18-17-10)12-4-2-3-5-13(12)16-11-6-8-19-9-7-11/h2-5,11,16H,6-9H2,1H3. The Bertz CT molecular complexity index is 549. The Morgan fingerprint density at radius 1 is 1.26 bits per heavy atom. The summed E-state index contributed by atoms with van der Waals surface area (Å²) < 4.78 is 5.27. The highest BCUT2D eigenvalue weighted by molar-refractivity contribution is 7.99. The molecular weight excluding hydrogens is 258 g/mol. The summed E-state index contributed by atoms with van der Waals surface area (Å²) in [6.45, 7) is 1.83. The topological polar surface area (TPSA) is 51.0 Å². The number of para-hydroxylation sites is 1. The van der Waals surface area contributed by atoms with Crippen molar-refractivity contribution in [2.24, 2.45) is 0 Å². The normalized spacial score (nSPS) is 16.5. The summed E-state index contributed by atoms with van der Waals surface area (Å²) in [4.78, 5) is 4.31. The number of nitrogens with zero attached hydrogens (tertiary/aromatic N) is 2. The van der Waals surface area contributed by atoms with Gasteiger partial charge in [0.2, 0.25) is 0 Å². The molecule has 0 aliphatic carbocycles. The molecular formula is C14H17N3OS. The molecule has 0 spiro atoms. The van der Waals surface area contributed by atoms with Gasteiger partial charge in [0, 0.05) is 11.7 Å². The number of benzene rings is 1. The van der Waals surface area contributed by atoms with E-state index in [-0.39, 0.29) is 0 Å². The van der Waals surface area contributed by atoms with E-state index in [0.29, 0.717) is 17.8 Å². The molecule has 3 rings (SSSR count). The molecule has 0 saturated carbocycles. The predicted octanol–water partition coefficient (Wildman–Crippen LogP) is 3.35. The van der Waals surface area contributed by atoms with Crippen LogP contribution in [0.1, 0.15) is 18.7 Å². The van der Waals surface area contributed by atoms with Crippen LogP contribution in [0.2, 0.25) is 0 Å². The van der Waals surface area contributed by atoms with Gasteiger partial charge in [-0.25, -0.2) is 0 Å². The molecule has 0 amide bonds. The fourth-order valence-corrected chi connectivity index (χ4v) is 3.37. The van der Waals surface area contributed by atoms with Crippen LogP contribution in [-0.2, 0) is 0 Å². The zero-order valence-electron chi connectivity index (χ0n) is 10.9. The number of aryl methyl sites for hydroxylation is 1. The van der Waals surface area contributed by atoms with Crippen molar-refractivity contribution in [2.75, 3.05) is 16.8 Å². The first kappa shape index (κ1) is 12.5. The van der Waals surface area contributed by atoms with Crippen LogP contribution in [0.15, 0.2) is 28.8 Å². The third-order valence-corrected chi connectivity index (χ3v) is 4.31. The summed E-state index contributed by atoms with van der Waals surface area (Å²) in [5.74, 6) is 3.73. The van der Waals surface area contributed by atoms with Crippen molar-refractivity contribution in [1.29, 1.82) is 0 Å². The van der Waals surface area contributed by atoms with Crippen LogP contribution in [0.3, 0.4) is 0 Å². The van der Waals surface area contributed by atoms with Crippen molar-refractivity contribution in [3.63, 3.8) is 0 Å². The monoisotopic (exact) mass is 275 g/mol. The Balaban J connectivity index is 1.84. The molecule has 1 aromatic heterocycles. The summed E-state index contributed by atoms with van der Waals surface area (Å²) in [7, 11) is 0. The second-order valence-electron chi connectivity index (χ2n) is 4.72. The highest BCUT2D eigenvalue weighted by Gasteiger charge is 2.17. The average Bonchev–Trinajstić information content (AvgIpc) is 2.87. The fraction of sp³-hybridized carbons (Fsp3) is 0.429. The number of hydrogen-bond donors (Lipinski definition) is 1. The molecule has 1 N–H and O–H groups in total. The van der Waals surface area contributed by atoms with Gasteiger partial charge in [0.25, 0.3) is 5.89 Å². The molecule has 1 aliphatic heterocycles. The molecule has 100 valence electrons. The Labute approximate surface area is 117 Å². The van der Waals surface area contributed by atoms with Gasteiger partial charge in [-0.1, -0.05) is 17.3 Å². The molecule has 5 heteroatoms. The third-order valence-electron chi connectivity index (χ3n) is 3.27. The van der Waals surface area contributed by atoms with Crippen LogP contribution >= 0.6 is 11.8 Å². The average molecular weight is 275 g/mol. The number of hydrogen-bond acceptors (Lipinski definition) is 5. The minimum Gasteiger partial charge on any atom is -0.382 e. The first-order valence-corrected chi connectivity index (χ1v) is 7.72. The molecule has 0 unspecified atom stereocenters. The van der Waals surface area contributed by atoms with Gasteiger partial charge in [-0.3, -0.25) is 0 Å². The van der Waals surface area contributed by atoms with Gasteiger partial charge in [-0.2, -0.15) is 16.7 Å². The quantitative estimate of drug-likeness (QED) is 0.931. The maximum atomic E-state index is 5.27. The van der Waals surface area contributed by atoms with Gasteiger partial charge in [0.1, 0.15) is 0 Å². The molecule has 0 atom stereocenters. The largest absolute Gasteiger partial charge is 0.382 e. The minimum atomic E-state index is 0.548. The maximum absolute atomic E-state index is 5.27. The third kappa shape index (κ3) is 2.92. The van der Waals surface area contributed by atoms with E-state index in [1.54, 1.807) is 0 Å². The lowest BCUT2D eigenvalue weighted by molar-refractivity contribution is 0.425. The summed E-state index contributed by atoms with van der Waals surface area (Å²) in [5.41, 5.74) is 2.07. The van der Waals surface area contributed by atoms with E-state index in [4.69, 9.17) is 4.52 Å². The summed E-state index contributed by atoms with van der Waals surface area (Å²) in [5, 5.41) is 7.48. The van der Waals surface area contributed by atoms with Crippen LogP contribution in [0.25, 0.3) is 11.5 Å². The summed E-state index contributed by atoms with van der Waals surface area (Å²) in [6, 6.07) is 8.68. The number of anilines is 1. The molecule has 0 radical (unpaired) electrons. The van der Waals surface area contributed by atoms with E-state index >= 15 is 0 Å².